The van der Waals surface area contributed by atoms with Gasteiger partial charge in [0, 0.05) is 16.2 Å². The third-order valence-electron chi connectivity index (χ3n) is 3.40. The molecule has 2 nitrogen and oxygen atoms in total. The van der Waals surface area contributed by atoms with E-state index in [1.807, 2.05) is 38.4 Å². The van der Waals surface area contributed by atoms with Crippen molar-refractivity contribution >= 4 is 23.2 Å². The molecule has 0 saturated heterocycles. The summed E-state index contributed by atoms with van der Waals surface area (Å²) in [6.45, 7) is 4.12. The summed E-state index contributed by atoms with van der Waals surface area (Å²) in [5.41, 5.74) is 4.33. The molecule has 1 aromatic carbocycles. The number of halogens is 2. The van der Waals surface area contributed by atoms with Crippen LogP contribution in [0.4, 0.5) is 0 Å². The number of hydrogen-bond donors (Lipinski definition) is 1. The first-order chi connectivity index (χ1) is 9.52. The summed E-state index contributed by atoms with van der Waals surface area (Å²) in [6, 6.07) is 7.82. The molecule has 0 bridgehead atoms. The second kappa shape index (κ2) is 6.57. The van der Waals surface area contributed by atoms with Crippen molar-refractivity contribution in [3.63, 3.8) is 0 Å². The second-order valence-corrected chi connectivity index (χ2v) is 5.77. The lowest BCUT2D eigenvalue weighted by Gasteiger charge is -2.19. The third kappa shape index (κ3) is 3.32. The van der Waals surface area contributed by atoms with E-state index in [1.54, 1.807) is 0 Å². The highest BCUT2D eigenvalue weighted by atomic mass is 35.5. The van der Waals surface area contributed by atoms with Crippen molar-refractivity contribution in [2.45, 2.75) is 26.3 Å². The van der Waals surface area contributed by atoms with Gasteiger partial charge >= 0.3 is 0 Å². The fourth-order valence-electron chi connectivity index (χ4n) is 2.36. The van der Waals surface area contributed by atoms with Crippen molar-refractivity contribution in [3.8, 4) is 0 Å². The molecule has 106 valence electrons. The predicted molar refractivity (Wildman–Crippen MR) is 85.7 cm³/mol. The number of aromatic nitrogens is 1. The number of rotatable bonds is 4. The molecule has 1 aromatic heterocycles. The van der Waals surface area contributed by atoms with Crippen LogP contribution in [-0.4, -0.2) is 12.0 Å². The van der Waals surface area contributed by atoms with Crippen molar-refractivity contribution < 1.29 is 0 Å². The molecular formula is C16H18Cl2N2. The first kappa shape index (κ1) is 15.3. The summed E-state index contributed by atoms with van der Waals surface area (Å²) in [7, 11) is 1.93. The maximum Gasteiger partial charge on any atom is 0.0605 e. The van der Waals surface area contributed by atoms with E-state index in [9.17, 15) is 0 Å². The van der Waals surface area contributed by atoms with Gasteiger partial charge in [-0.15, -0.1) is 0 Å². The van der Waals surface area contributed by atoms with Crippen LogP contribution in [0.2, 0.25) is 10.0 Å². The number of aryl methyl sites for hydroxylation is 2. The highest BCUT2D eigenvalue weighted by Gasteiger charge is 2.17. The first-order valence-electron chi connectivity index (χ1n) is 6.56. The molecule has 4 heteroatoms. The van der Waals surface area contributed by atoms with Crippen molar-refractivity contribution in [2.75, 3.05) is 7.05 Å². The first-order valence-corrected chi connectivity index (χ1v) is 7.31. The molecule has 0 amide bonds. The number of likely N-dealkylation sites (N-methyl/N-ethyl adjacent to an activating group) is 1. The minimum atomic E-state index is 0.0907. The maximum absolute atomic E-state index is 6.25. The van der Waals surface area contributed by atoms with Crippen LogP contribution in [0.15, 0.2) is 30.5 Å². The molecule has 0 aliphatic heterocycles. The van der Waals surface area contributed by atoms with Gasteiger partial charge in [-0.3, -0.25) is 4.98 Å². The second-order valence-electron chi connectivity index (χ2n) is 4.96. The largest absolute Gasteiger partial charge is 0.311 e. The standard InChI is InChI=1S/C16H18Cl2N2/c1-10-7-11(2)16(20-9-10)15(19-3)8-12-13(17)5-4-6-14(12)18/h4-7,9,15,19H,8H2,1-3H3. The average Bonchev–Trinajstić information content (AvgIpc) is 2.40. The van der Waals surface area contributed by atoms with Crippen molar-refractivity contribution in [2.24, 2.45) is 0 Å². The summed E-state index contributed by atoms with van der Waals surface area (Å²) in [5, 5.41) is 4.70. The molecule has 2 aromatic rings. The molecule has 1 N–H and O–H groups in total. The van der Waals surface area contributed by atoms with Crippen molar-refractivity contribution in [3.05, 3.63) is 62.9 Å². The van der Waals surface area contributed by atoms with Crippen molar-refractivity contribution in [1.29, 1.82) is 0 Å². The maximum atomic E-state index is 6.25. The van der Waals surface area contributed by atoms with Crippen LogP contribution >= 0.6 is 23.2 Å². The van der Waals surface area contributed by atoms with Crippen molar-refractivity contribution in [1.82, 2.24) is 10.3 Å². The molecule has 2 rings (SSSR count). The number of benzene rings is 1. The van der Waals surface area contributed by atoms with E-state index >= 15 is 0 Å². The van der Waals surface area contributed by atoms with Crippen LogP contribution in [0.3, 0.4) is 0 Å². The van der Waals surface area contributed by atoms with Gasteiger partial charge in [-0.05, 0) is 56.1 Å². The van der Waals surface area contributed by atoms with Gasteiger partial charge in [0.2, 0.25) is 0 Å². The van der Waals surface area contributed by atoms with Crippen LogP contribution in [-0.2, 0) is 6.42 Å². The Morgan fingerprint density at radius 2 is 1.85 bits per heavy atom. The summed E-state index contributed by atoms with van der Waals surface area (Å²) in [6.07, 6.45) is 2.60. The number of pyridine rings is 1. The Morgan fingerprint density at radius 3 is 2.40 bits per heavy atom. The van der Waals surface area contributed by atoms with E-state index in [4.69, 9.17) is 23.2 Å². The lowest BCUT2D eigenvalue weighted by Crippen LogP contribution is -2.21. The van der Waals surface area contributed by atoms with Crippen LogP contribution in [0.25, 0.3) is 0 Å². The van der Waals surface area contributed by atoms with Crippen LogP contribution in [0.5, 0.6) is 0 Å². The van der Waals surface area contributed by atoms with E-state index in [2.05, 4.69) is 23.3 Å². The lowest BCUT2D eigenvalue weighted by molar-refractivity contribution is 0.572. The van der Waals surface area contributed by atoms with Gasteiger partial charge in [-0.1, -0.05) is 35.3 Å². The zero-order valence-corrected chi connectivity index (χ0v) is 13.4. The molecular weight excluding hydrogens is 291 g/mol. The molecule has 0 aliphatic carbocycles. The normalized spacial score (nSPS) is 12.4. The summed E-state index contributed by atoms with van der Waals surface area (Å²) in [5.74, 6) is 0. The summed E-state index contributed by atoms with van der Waals surface area (Å²) in [4.78, 5) is 4.56. The fraction of sp³-hybridized carbons (Fsp3) is 0.312. The summed E-state index contributed by atoms with van der Waals surface area (Å²) < 4.78 is 0. The SMILES string of the molecule is CNC(Cc1c(Cl)cccc1Cl)c1ncc(C)cc1C. The molecule has 0 aliphatic rings. The predicted octanol–water partition coefficient (Wildman–Crippen LogP) is 4.51. The molecule has 20 heavy (non-hydrogen) atoms. The lowest BCUT2D eigenvalue weighted by atomic mass is 9.99. The molecule has 1 atom stereocenters. The zero-order chi connectivity index (χ0) is 14.7. The Kier molecular flexibility index (Phi) is 5.03. The van der Waals surface area contributed by atoms with E-state index in [1.165, 1.54) is 5.56 Å². The van der Waals surface area contributed by atoms with Gasteiger partial charge in [0.15, 0.2) is 0 Å². The number of hydrogen-bond acceptors (Lipinski definition) is 2. The fourth-order valence-corrected chi connectivity index (χ4v) is 2.91. The Morgan fingerprint density at radius 1 is 1.20 bits per heavy atom. The Balaban J connectivity index is 2.34. The number of nitrogens with one attached hydrogen (secondary N) is 1. The minimum absolute atomic E-state index is 0.0907. The topological polar surface area (TPSA) is 24.9 Å². The highest BCUT2D eigenvalue weighted by Crippen LogP contribution is 2.29. The third-order valence-corrected chi connectivity index (χ3v) is 4.11. The number of nitrogens with zero attached hydrogens (tertiary/aromatic N) is 1. The Hall–Kier alpha value is -1.09. The average molecular weight is 309 g/mol. The molecule has 1 unspecified atom stereocenters. The highest BCUT2D eigenvalue weighted by molar-refractivity contribution is 6.36. The van der Waals surface area contributed by atoms with Gasteiger partial charge < -0.3 is 5.32 Å². The molecule has 0 fully saturated rings. The van der Waals surface area contributed by atoms with Crippen LogP contribution < -0.4 is 5.32 Å². The van der Waals surface area contributed by atoms with E-state index in [-0.39, 0.29) is 6.04 Å². The van der Waals surface area contributed by atoms with E-state index in [0.29, 0.717) is 16.5 Å². The molecule has 0 radical (unpaired) electrons. The summed E-state index contributed by atoms with van der Waals surface area (Å²) >= 11 is 12.5. The van der Waals surface area contributed by atoms with Gasteiger partial charge in [0.05, 0.1) is 11.7 Å². The quantitative estimate of drug-likeness (QED) is 0.899. The molecule has 0 saturated carbocycles. The Bertz CT molecular complexity index is 591. The van der Waals surface area contributed by atoms with E-state index in [0.717, 1.165) is 16.8 Å². The Labute approximate surface area is 130 Å². The molecule has 1 heterocycles. The van der Waals surface area contributed by atoms with Gasteiger partial charge in [0.25, 0.3) is 0 Å². The minimum Gasteiger partial charge on any atom is -0.311 e. The van der Waals surface area contributed by atoms with Gasteiger partial charge in [0.1, 0.15) is 0 Å². The zero-order valence-electron chi connectivity index (χ0n) is 11.9. The smallest absolute Gasteiger partial charge is 0.0605 e. The molecule has 0 spiro atoms. The van der Waals surface area contributed by atoms with Gasteiger partial charge in [-0.25, -0.2) is 0 Å². The van der Waals surface area contributed by atoms with Gasteiger partial charge in [-0.2, -0.15) is 0 Å². The van der Waals surface area contributed by atoms with E-state index < -0.39 is 0 Å². The van der Waals surface area contributed by atoms with Crippen LogP contribution in [0, 0.1) is 13.8 Å². The monoisotopic (exact) mass is 308 g/mol. The van der Waals surface area contributed by atoms with Crippen LogP contribution in [0.1, 0.15) is 28.4 Å².